The molecule has 5 nitrogen and oxygen atoms in total. The van der Waals surface area contributed by atoms with Gasteiger partial charge in [0.1, 0.15) is 17.8 Å². The molecule has 2 aliphatic carbocycles. The van der Waals surface area contributed by atoms with Crippen LogP contribution in [0.4, 0.5) is 0 Å². The molecular formula is C15H19ClO5. The molecule has 2 heterocycles. The van der Waals surface area contributed by atoms with Crippen molar-refractivity contribution >= 4 is 17.6 Å². The first kappa shape index (κ1) is 14.0. The van der Waals surface area contributed by atoms with E-state index < -0.39 is 46.3 Å². The number of epoxide rings is 1. The van der Waals surface area contributed by atoms with Crippen molar-refractivity contribution in [1.29, 1.82) is 0 Å². The third kappa shape index (κ3) is 1.37. The van der Waals surface area contributed by atoms with Crippen LogP contribution in [0.3, 0.4) is 0 Å². The van der Waals surface area contributed by atoms with E-state index in [-0.39, 0.29) is 5.92 Å². The molecule has 0 aromatic rings. The Morgan fingerprint density at radius 3 is 2.71 bits per heavy atom. The SMILES string of the molecule is C=C1C(=O)OC2C3[C@](C)(O)[C@@H](Cl)[C@@H]4O[C@]34[C@@](C)(O)CC[C@@H]12. The van der Waals surface area contributed by atoms with Crippen molar-refractivity contribution < 1.29 is 24.5 Å². The molecule has 2 N–H and O–H groups in total. The first-order valence-corrected chi connectivity index (χ1v) is 7.74. The zero-order valence-electron chi connectivity index (χ0n) is 12.0. The third-order valence-electron chi connectivity index (χ3n) is 6.07. The molecule has 4 rings (SSSR count). The molecule has 21 heavy (non-hydrogen) atoms. The van der Waals surface area contributed by atoms with Crippen molar-refractivity contribution in [3.8, 4) is 0 Å². The zero-order chi connectivity index (χ0) is 15.4. The number of esters is 1. The van der Waals surface area contributed by atoms with Gasteiger partial charge >= 0.3 is 5.97 Å². The van der Waals surface area contributed by atoms with E-state index in [2.05, 4.69) is 6.58 Å². The van der Waals surface area contributed by atoms with Gasteiger partial charge in [0.05, 0.1) is 22.5 Å². The number of carbonyl (C=O) groups excluding carboxylic acids is 1. The molecule has 2 saturated carbocycles. The summed E-state index contributed by atoms with van der Waals surface area (Å²) in [6.07, 6.45) is 0.0825. The lowest BCUT2D eigenvalue weighted by molar-refractivity contribution is -0.159. The number of hydrogen-bond donors (Lipinski definition) is 2. The van der Waals surface area contributed by atoms with Gasteiger partial charge in [-0.05, 0) is 26.7 Å². The van der Waals surface area contributed by atoms with Gasteiger partial charge in [-0.2, -0.15) is 0 Å². The summed E-state index contributed by atoms with van der Waals surface area (Å²) in [4.78, 5) is 11.9. The minimum atomic E-state index is -1.27. The van der Waals surface area contributed by atoms with Gasteiger partial charge in [-0.3, -0.25) is 0 Å². The van der Waals surface area contributed by atoms with Gasteiger partial charge in [0.25, 0.3) is 0 Å². The van der Waals surface area contributed by atoms with E-state index >= 15 is 0 Å². The molecule has 6 heteroatoms. The number of fused-ring (bicyclic) bond motifs is 2. The van der Waals surface area contributed by atoms with Crippen LogP contribution in [0.15, 0.2) is 12.2 Å². The summed E-state index contributed by atoms with van der Waals surface area (Å²) in [7, 11) is 0. The van der Waals surface area contributed by atoms with Crippen LogP contribution in [0.25, 0.3) is 0 Å². The van der Waals surface area contributed by atoms with Crippen molar-refractivity contribution in [1.82, 2.24) is 0 Å². The second-order valence-corrected chi connectivity index (χ2v) is 7.72. The van der Waals surface area contributed by atoms with Crippen LogP contribution in [0.1, 0.15) is 26.7 Å². The lowest BCUT2D eigenvalue weighted by atomic mass is 9.73. The highest BCUT2D eigenvalue weighted by atomic mass is 35.5. The maximum Gasteiger partial charge on any atom is 0.334 e. The number of ether oxygens (including phenoxy) is 2. The molecule has 4 fully saturated rings. The van der Waals surface area contributed by atoms with Gasteiger partial charge < -0.3 is 19.7 Å². The summed E-state index contributed by atoms with van der Waals surface area (Å²) in [5, 5.41) is 21.2. The van der Waals surface area contributed by atoms with Gasteiger partial charge in [-0.15, -0.1) is 11.6 Å². The van der Waals surface area contributed by atoms with E-state index in [1.165, 1.54) is 0 Å². The lowest BCUT2D eigenvalue weighted by Crippen LogP contribution is -2.56. The molecule has 8 atom stereocenters. The molecule has 4 aliphatic rings. The standard InChI is InChI=1S/C15H19ClO5/c1-6-7-4-5-13(2,18)15-9(8(7)20-12(6)17)14(3,19)10(16)11(15)21-15/h7-11,18-19H,1,4-5H2,2-3H3/t7-,8?,9?,10-,11-,13-,14-,15+/m0/s1. The number of aliphatic hydroxyl groups is 2. The zero-order valence-corrected chi connectivity index (χ0v) is 12.8. The Morgan fingerprint density at radius 2 is 2.05 bits per heavy atom. The molecule has 1 spiro atoms. The smallest absolute Gasteiger partial charge is 0.334 e. The number of halogens is 1. The van der Waals surface area contributed by atoms with Crippen molar-refractivity contribution in [3.63, 3.8) is 0 Å². The quantitative estimate of drug-likeness (QED) is 0.299. The van der Waals surface area contributed by atoms with E-state index in [9.17, 15) is 15.0 Å². The number of alkyl halides is 1. The second kappa shape index (κ2) is 3.65. The summed E-state index contributed by atoms with van der Waals surface area (Å²) in [6, 6.07) is 0. The van der Waals surface area contributed by atoms with Crippen LogP contribution in [-0.2, 0) is 14.3 Å². The summed E-state index contributed by atoms with van der Waals surface area (Å²) < 4.78 is 11.3. The van der Waals surface area contributed by atoms with Crippen LogP contribution >= 0.6 is 11.6 Å². The predicted octanol–water partition coefficient (Wildman–Crippen LogP) is 0.755. The highest BCUT2D eigenvalue weighted by Gasteiger charge is 2.85. The van der Waals surface area contributed by atoms with Crippen LogP contribution in [0.5, 0.6) is 0 Å². The van der Waals surface area contributed by atoms with E-state index in [0.717, 1.165) is 0 Å². The fraction of sp³-hybridized carbons (Fsp3) is 0.800. The van der Waals surface area contributed by atoms with E-state index in [0.29, 0.717) is 18.4 Å². The molecule has 0 radical (unpaired) electrons. The van der Waals surface area contributed by atoms with Crippen LogP contribution in [0.2, 0.25) is 0 Å². The Morgan fingerprint density at radius 1 is 1.38 bits per heavy atom. The van der Waals surface area contributed by atoms with Crippen LogP contribution in [0, 0.1) is 11.8 Å². The topological polar surface area (TPSA) is 79.3 Å². The van der Waals surface area contributed by atoms with Crippen molar-refractivity contribution in [2.45, 2.75) is 61.1 Å². The lowest BCUT2D eigenvalue weighted by Gasteiger charge is -2.40. The van der Waals surface area contributed by atoms with Crippen molar-refractivity contribution in [3.05, 3.63) is 12.2 Å². The minimum absolute atomic E-state index is 0.202. The van der Waals surface area contributed by atoms with E-state index in [1.54, 1.807) is 13.8 Å². The van der Waals surface area contributed by atoms with Gasteiger partial charge in [0.15, 0.2) is 0 Å². The molecular weight excluding hydrogens is 296 g/mol. The Hall–Kier alpha value is -0.620. The number of rotatable bonds is 0. The Labute approximate surface area is 127 Å². The van der Waals surface area contributed by atoms with E-state index in [4.69, 9.17) is 21.1 Å². The highest BCUT2D eigenvalue weighted by molar-refractivity contribution is 6.22. The summed E-state index contributed by atoms with van der Waals surface area (Å²) in [5.41, 5.74) is -2.91. The Kier molecular flexibility index (Phi) is 2.43. The molecule has 0 aromatic heterocycles. The first-order chi connectivity index (χ1) is 9.64. The van der Waals surface area contributed by atoms with Crippen molar-refractivity contribution in [2.24, 2.45) is 11.8 Å². The number of hydrogen-bond acceptors (Lipinski definition) is 5. The first-order valence-electron chi connectivity index (χ1n) is 7.31. The maximum atomic E-state index is 11.9. The van der Waals surface area contributed by atoms with Gasteiger partial charge in [0.2, 0.25) is 0 Å². The van der Waals surface area contributed by atoms with Crippen LogP contribution in [-0.4, -0.2) is 50.6 Å². The summed E-state index contributed by atoms with van der Waals surface area (Å²) in [6.45, 7) is 7.17. The Balaban J connectivity index is 1.87. The average molecular weight is 315 g/mol. The number of carbonyl (C=O) groups is 1. The normalized spacial score (nSPS) is 61.7. The molecule has 2 unspecified atom stereocenters. The van der Waals surface area contributed by atoms with Gasteiger partial charge in [-0.25, -0.2) is 4.79 Å². The van der Waals surface area contributed by atoms with Gasteiger partial charge in [-0.1, -0.05) is 6.58 Å². The molecule has 2 aliphatic heterocycles. The second-order valence-electron chi connectivity index (χ2n) is 7.25. The molecule has 0 amide bonds. The monoisotopic (exact) mass is 314 g/mol. The molecule has 116 valence electrons. The molecule has 0 bridgehead atoms. The maximum absolute atomic E-state index is 11.9. The Bertz CT molecular complexity index is 556. The summed E-state index contributed by atoms with van der Waals surface area (Å²) >= 11 is 6.36. The fourth-order valence-corrected chi connectivity index (χ4v) is 5.24. The highest BCUT2D eigenvalue weighted by Crippen LogP contribution is 2.69. The predicted molar refractivity (Wildman–Crippen MR) is 73.7 cm³/mol. The van der Waals surface area contributed by atoms with Crippen LogP contribution < -0.4 is 0 Å². The molecule has 0 aromatic carbocycles. The fourth-order valence-electron chi connectivity index (χ4n) is 4.86. The van der Waals surface area contributed by atoms with Crippen molar-refractivity contribution in [2.75, 3.05) is 0 Å². The van der Waals surface area contributed by atoms with Gasteiger partial charge in [0, 0.05) is 11.5 Å². The van der Waals surface area contributed by atoms with E-state index in [1.807, 2.05) is 0 Å². The minimum Gasteiger partial charge on any atom is -0.458 e. The average Bonchev–Trinajstić information content (AvgIpc) is 3.03. The largest absolute Gasteiger partial charge is 0.458 e. The third-order valence-corrected chi connectivity index (χ3v) is 6.74. The summed E-state index contributed by atoms with van der Waals surface area (Å²) in [5.74, 6) is -1.18. The molecule has 2 saturated heterocycles.